The molecule has 0 saturated carbocycles. The number of benzene rings is 2. The van der Waals surface area contributed by atoms with Gasteiger partial charge in [-0.2, -0.15) is 0 Å². The van der Waals surface area contributed by atoms with Gasteiger partial charge in [0.2, 0.25) is 0 Å². The Morgan fingerprint density at radius 3 is 2.65 bits per heavy atom. The van der Waals surface area contributed by atoms with Crippen LogP contribution in [0.15, 0.2) is 42.5 Å². The van der Waals surface area contributed by atoms with E-state index in [0.29, 0.717) is 12.2 Å². The molecule has 0 aromatic heterocycles. The monoisotopic (exact) mass is 273 g/mol. The average molecular weight is 273 g/mol. The number of anilines is 1. The summed E-state index contributed by atoms with van der Waals surface area (Å²) < 4.78 is 19.2. The van der Waals surface area contributed by atoms with E-state index in [9.17, 15) is 4.39 Å². The summed E-state index contributed by atoms with van der Waals surface area (Å²) in [5.41, 5.74) is 2.50. The lowest BCUT2D eigenvalue weighted by Gasteiger charge is -2.18. The van der Waals surface area contributed by atoms with E-state index in [-0.39, 0.29) is 11.9 Å². The second kappa shape index (κ2) is 6.42. The maximum absolute atomic E-state index is 13.6. The lowest BCUT2D eigenvalue weighted by atomic mass is 10.1. The molecule has 0 saturated heterocycles. The van der Waals surface area contributed by atoms with Crippen molar-refractivity contribution in [1.29, 1.82) is 0 Å². The van der Waals surface area contributed by atoms with Gasteiger partial charge in [0.25, 0.3) is 0 Å². The van der Waals surface area contributed by atoms with E-state index in [1.165, 1.54) is 0 Å². The van der Waals surface area contributed by atoms with Gasteiger partial charge in [-0.3, -0.25) is 0 Å². The Bertz CT molecular complexity index is 583. The third-order valence-electron chi connectivity index (χ3n) is 3.25. The number of halogens is 1. The fraction of sp³-hybridized carbons (Fsp3) is 0.294. The minimum absolute atomic E-state index is 0.00621. The molecule has 2 rings (SSSR count). The van der Waals surface area contributed by atoms with Crippen molar-refractivity contribution in [3.05, 3.63) is 59.4 Å². The molecule has 0 fully saturated rings. The van der Waals surface area contributed by atoms with Gasteiger partial charge in [-0.1, -0.05) is 24.3 Å². The fourth-order valence-corrected chi connectivity index (χ4v) is 2.06. The van der Waals surface area contributed by atoms with Gasteiger partial charge in [-0.25, -0.2) is 4.39 Å². The van der Waals surface area contributed by atoms with E-state index < -0.39 is 0 Å². The molecule has 0 amide bonds. The van der Waals surface area contributed by atoms with Crippen LogP contribution in [0.4, 0.5) is 10.1 Å². The summed E-state index contributed by atoms with van der Waals surface area (Å²) in [5.74, 6) is 0.642. The smallest absolute Gasteiger partial charge is 0.142 e. The fourth-order valence-electron chi connectivity index (χ4n) is 2.06. The van der Waals surface area contributed by atoms with Gasteiger partial charge >= 0.3 is 0 Å². The Balaban J connectivity index is 2.18. The van der Waals surface area contributed by atoms with Crippen molar-refractivity contribution in [3.8, 4) is 5.75 Å². The largest absolute Gasteiger partial charge is 0.492 e. The van der Waals surface area contributed by atoms with Crippen LogP contribution in [-0.2, 0) is 0 Å². The van der Waals surface area contributed by atoms with Crippen LogP contribution < -0.4 is 10.1 Å². The standard InChI is InChI=1S/C17H20FNO/c1-4-20-17-8-6-5-7-16(17)19-13(3)14-10-9-12(2)15(18)11-14/h5-11,13,19H,4H2,1-3H3. The van der Waals surface area contributed by atoms with Crippen molar-refractivity contribution in [2.24, 2.45) is 0 Å². The third-order valence-corrected chi connectivity index (χ3v) is 3.25. The molecule has 2 aromatic rings. The Kier molecular flexibility index (Phi) is 4.61. The predicted octanol–water partition coefficient (Wildman–Crippen LogP) is 4.71. The summed E-state index contributed by atoms with van der Waals surface area (Å²) >= 11 is 0. The first-order chi connectivity index (χ1) is 9.61. The number of aryl methyl sites for hydroxylation is 1. The second-order valence-corrected chi connectivity index (χ2v) is 4.80. The topological polar surface area (TPSA) is 21.3 Å². The summed E-state index contributed by atoms with van der Waals surface area (Å²) in [6, 6.07) is 13.1. The molecule has 0 spiro atoms. The molecule has 0 aliphatic heterocycles. The van der Waals surface area contributed by atoms with E-state index in [2.05, 4.69) is 5.32 Å². The van der Waals surface area contributed by atoms with Gasteiger partial charge < -0.3 is 10.1 Å². The highest BCUT2D eigenvalue weighted by Gasteiger charge is 2.10. The maximum atomic E-state index is 13.6. The van der Waals surface area contributed by atoms with Crippen molar-refractivity contribution in [1.82, 2.24) is 0 Å². The number of rotatable bonds is 5. The normalized spacial score (nSPS) is 12.0. The van der Waals surface area contributed by atoms with Gasteiger partial charge in [0.15, 0.2) is 0 Å². The van der Waals surface area contributed by atoms with Crippen LogP contribution in [0.2, 0.25) is 0 Å². The first-order valence-corrected chi connectivity index (χ1v) is 6.86. The molecule has 2 aromatic carbocycles. The molecule has 1 N–H and O–H groups in total. The van der Waals surface area contributed by atoms with Gasteiger partial charge in [0, 0.05) is 6.04 Å². The summed E-state index contributed by atoms with van der Waals surface area (Å²) in [6.45, 7) is 6.34. The van der Waals surface area contributed by atoms with Crippen LogP contribution in [0.3, 0.4) is 0 Å². The van der Waals surface area contributed by atoms with E-state index in [0.717, 1.165) is 17.0 Å². The molecule has 3 heteroatoms. The van der Waals surface area contributed by atoms with E-state index in [1.807, 2.05) is 44.2 Å². The van der Waals surface area contributed by atoms with Gasteiger partial charge in [0.1, 0.15) is 11.6 Å². The lowest BCUT2D eigenvalue weighted by Crippen LogP contribution is -2.08. The number of hydrogen-bond acceptors (Lipinski definition) is 2. The molecule has 0 radical (unpaired) electrons. The van der Waals surface area contributed by atoms with Crippen LogP contribution in [-0.4, -0.2) is 6.61 Å². The lowest BCUT2D eigenvalue weighted by molar-refractivity contribution is 0.341. The first-order valence-electron chi connectivity index (χ1n) is 6.86. The number of ether oxygens (including phenoxy) is 1. The molecular formula is C17H20FNO. The zero-order valence-corrected chi connectivity index (χ0v) is 12.1. The van der Waals surface area contributed by atoms with Crippen molar-refractivity contribution in [2.75, 3.05) is 11.9 Å². The van der Waals surface area contributed by atoms with Crippen LogP contribution in [0, 0.1) is 12.7 Å². The van der Waals surface area contributed by atoms with Crippen molar-refractivity contribution in [3.63, 3.8) is 0 Å². The molecule has 1 unspecified atom stereocenters. The maximum Gasteiger partial charge on any atom is 0.142 e. The molecular weight excluding hydrogens is 253 g/mol. The molecule has 1 atom stereocenters. The Morgan fingerprint density at radius 2 is 1.95 bits per heavy atom. The van der Waals surface area contributed by atoms with E-state index in [1.54, 1.807) is 19.1 Å². The molecule has 0 aliphatic carbocycles. The van der Waals surface area contributed by atoms with Crippen molar-refractivity contribution in [2.45, 2.75) is 26.8 Å². The minimum atomic E-state index is -0.172. The summed E-state index contributed by atoms with van der Waals surface area (Å²) in [5, 5.41) is 3.37. The van der Waals surface area contributed by atoms with E-state index >= 15 is 0 Å². The van der Waals surface area contributed by atoms with Crippen molar-refractivity contribution < 1.29 is 9.13 Å². The van der Waals surface area contributed by atoms with Gasteiger partial charge in [0.05, 0.1) is 12.3 Å². The SMILES string of the molecule is CCOc1ccccc1NC(C)c1ccc(C)c(F)c1. The Labute approximate surface area is 119 Å². The third kappa shape index (κ3) is 3.29. The van der Waals surface area contributed by atoms with E-state index in [4.69, 9.17) is 4.74 Å². The van der Waals surface area contributed by atoms with Gasteiger partial charge in [-0.15, -0.1) is 0 Å². The average Bonchev–Trinajstić information content (AvgIpc) is 2.44. The van der Waals surface area contributed by atoms with Crippen LogP contribution in [0.5, 0.6) is 5.75 Å². The highest BCUT2D eigenvalue weighted by molar-refractivity contribution is 5.57. The quantitative estimate of drug-likeness (QED) is 0.852. The van der Waals surface area contributed by atoms with Crippen LogP contribution >= 0.6 is 0 Å². The van der Waals surface area contributed by atoms with Crippen LogP contribution in [0.25, 0.3) is 0 Å². The minimum Gasteiger partial charge on any atom is -0.492 e. The van der Waals surface area contributed by atoms with Crippen LogP contribution in [0.1, 0.15) is 31.0 Å². The highest BCUT2D eigenvalue weighted by Crippen LogP contribution is 2.28. The Morgan fingerprint density at radius 1 is 1.20 bits per heavy atom. The zero-order valence-electron chi connectivity index (χ0n) is 12.1. The highest BCUT2D eigenvalue weighted by atomic mass is 19.1. The summed E-state index contributed by atoms with van der Waals surface area (Å²) in [6.07, 6.45) is 0. The molecule has 0 bridgehead atoms. The number of para-hydroxylation sites is 2. The molecule has 20 heavy (non-hydrogen) atoms. The summed E-state index contributed by atoms with van der Waals surface area (Å²) in [7, 11) is 0. The second-order valence-electron chi connectivity index (χ2n) is 4.80. The molecule has 2 nitrogen and oxygen atoms in total. The zero-order chi connectivity index (χ0) is 14.5. The van der Waals surface area contributed by atoms with Crippen molar-refractivity contribution >= 4 is 5.69 Å². The predicted molar refractivity (Wildman–Crippen MR) is 80.8 cm³/mol. The summed E-state index contributed by atoms with van der Waals surface area (Å²) in [4.78, 5) is 0. The molecule has 0 aliphatic rings. The Hall–Kier alpha value is -2.03. The van der Waals surface area contributed by atoms with Gasteiger partial charge in [-0.05, 0) is 50.1 Å². The molecule has 106 valence electrons. The number of hydrogen-bond donors (Lipinski definition) is 1. The number of nitrogens with one attached hydrogen (secondary N) is 1. The first kappa shape index (κ1) is 14.4. The molecule has 0 heterocycles.